The SMILES string of the molecule is CC[C@@]12/C=C\CCCOC(=O)[C@@H]1[C@H]1C(=O)N(CCCCO)C3C(=O)N(C(C)(C)CC(C)(C)C)CC=C[C@@]31O2. The monoisotopic (exact) mass is 530 g/mol. The lowest BCUT2D eigenvalue weighted by Gasteiger charge is -2.45. The van der Waals surface area contributed by atoms with Crippen LogP contribution in [0, 0.1) is 17.3 Å². The summed E-state index contributed by atoms with van der Waals surface area (Å²) >= 11 is 0. The highest BCUT2D eigenvalue weighted by molar-refractivity contribution is 5.99. The molecule has 1 unspecified atom stereocenters. The maximum absolute atomic E-state index is 14.6. The number of unbranched alkanes of at least 4 members (excludes halogenated alkanes) is 1. The molecule has 0 bridgehead atoms. The number of aliphatic hydroxyl groups is 1. The van der Waals surface area contributed by atoms with E-state index in [0.717, 1.165) is 12.8 Å². The number of cyclic esters (lactones) is 1. The van der Waals surface area contributed by atoms with E-state index in [1.165, 1.54) is 0 Å². The van der Waals surface area contributed by atoms with Crippen molar-refractivity contribution in [2.45, 2.75) is 103 Å². The van der Waals surface area contributed by atoms with E-state index >= 15 is 0 Å². The Balaban J connectivity index is 1.85. The molecular weight excluding hydrogens is 484 g/mol. The molecule has 38 heavy (non-hydrogen) atoms. The minimum absolute atomic E-state index is 0.00898. The number of amides is 2. The van der Waals surface area contributed by atoms with Crippen molar-refractivity contribution < 1.29 is 29.0 Å². The zero-order valence-corrected chi connectivity index (χ0v) is 24.0. The molecule has 8 nitrogen and oxygen atoms in total. The maximum atomic E-state index is 14.6. The smallest absolute Gasteiger partial charge is 0.313 e. The zero-order chi connectivity index (χ0) is 27.9. The van der Waals surface area contributed by atoms with Gasteiger partial charge in [-0.1, -0.05) is 52.0 Å². The minimum Gasteiger partial charge on any atom is -0.465 e. The fraction of sp³-hybridized carbons (Fsp3) is 0.767. The van der Waals surface area contributed by atoms with Gasteiger partial charge in [-0.3, -0.25) is 14.4 Å². The summed E-state index contributed by atoms with van der Waals surface area (Å²) in [5.74, 6) is -2.53. The molecule has 0 saturated carbocycles. The van der Waals surface area contributed by atoms with Crippen LogP contribution in [0.5, 0.6) is 0 Å². The highest BCUT2D eigenvalue weighted by Gasteiger charge is 2.75. The molecular formula is C30H46N2O6. The fourth-order valence-corrected chi connectivity index (χ4v) is 7.45. The van der Waals surface area contributed by atoms with Crippen LogP contribution in [0.1, 0.15) is 80.1 Å². The summed E-state index contributed by atoms with van der Waals surface area (Å²) in [6.45, 7) is 13.6. The van der Waals surface area contributed by atoms with Gasteiger partial charge in [-0.15, -0.1) is 0 Å². The molecule has 0 aromatic carbocycles. The van der Waals surface area contributed by atoms with Gasteiger partial charge in [0.15, 0.2) is 0 Å². The van der Waals surface area contributed by atoms with Crippen molar-refractivity contribution in [1.29, 1.82) is 0 Å². The van der Waals surface area contributed by atoms with Crippen molar-refractivity contribution in [3.63, 3.8) is 0 Å². The molecule has 0 aromatic heterocycles. The second kappa shape index (κ2) is 10.4. The Morgan fingerprint density at radius 3 is 2.42 bits per heavy atom. The van der Waals surface area contributed by atoms with Crippen molar-refractivity contribution in [2.24, 2.45) is 17.3 Å². The number of likely N-dealkylation sites (tertiary alicyclic amines) is 1. The van der Waals surface area contributed by atoms with Gasteiger partial charge >= 0.3 is 5.97 Å². The summed E-state index contributed by atoms with van der Waals surface area (Å²) < 4.78 is 12.6. The average molecular weight is 531 g/mol. The summed E-state index contributed by atoms with van der Waals surface area (Å²) in [4.78, 5) is 45.9. The highest BCUT2D eigenvalue weighted by atomic mass is 16.6. The highest BCUT2D eigenvalue weighted by Crippen LogP contribution is 2.58. The van der Waals surface area contributed by atoms with Gasteiger partial charge in [0, 0.05) is 25.2 Å². The Morgan fingerprint density at radius 1 is 1.03 bits per heavy atom. The standard InChI is InChI=1S/C30H46N2O6/c1-7-29-14-9-8-12-19-37-26(36)22(29)21-24(34)31(16-10-11-18-33)23-25(35)32(17-13-15-30(21,23)38-29)28(5,6)20-27(2,3)4/h9,13-15,21-23,33H,7-8,10-12,16-20H2,1-6H3/b14-9-/t21-,22-,23?,29+,30-/m0/s1. The van der Waals surface area contributed by atoms with Gasteiger partial charge in [-0.2, -0.15) is 0 Å². The third-order valence-electron chi connectivity index (χ3n) is 8.63. The van der Waals surface area contributed by atoms with Crippen molar-refractivity contribution in [3.8, 4) is 0 Å². The van der Waals surface area contributed by atoms with E-state index in [1.54, 1.807) is 4.90 Å². The molecule has 5 atom stereocenters. The number of carbonyl (C=O) groups excluding carboxylic acids is 3. The third kappa shape index (κ3) is 4.83. The average Bonchev–Trinajstić information content (AvgIpc) is 3.19. The Bertz CT molecular complexity index is 997. The maximum Gasteiger partial charge on any atom is 0.313 e. The first kappa shape index (κ1) is 28.8. The number of ether oxygens (including phenoxy) is 2. The number of allylic oxidation sites excluding steroid dienone is 1. The van der Waals surface area contributed by atoms with Crippen LogP contribution in [0.4, 0.5) is 0 Å². The van der Waals surface area contributed by atoms with Gasteiger partial charge in [0.25, 0.3) is 0 Å². The van der Waals surface area contributed by atoms with E-state index in [0.29, 0.717) is 45.4 Å². The summed E-state index contributed by atoms with van der Waals surface area (Å²) in [6, 6.07) is -0.892. The van der Waals surface area contributed by atoms with Crippen LogP contribution < -0.4 is 0 Å². The Labute approximate surface area is 227 Å². The molecule has 0 radical (unpaired) electrons. The first-order valence-corrected chi connectivity index (χ1v) is 14.3. The molecule has 2 saturated heterocycles. The lowest BCUT2D eigenvalue weighted by molar-refractivity contribution is -0.162. The van der Waals surface area contributed by atoms with Crippen molar-refractivity contribution in [1.82, 2.24) is 9.80 Å². The molecule has 1 spiro atoms. The lowest BCUT2D eigenvalue weighted by Crippen LogP contribution is -2.60. The fourth-order valence-electron chi connectivity index (χ4n) is 7.45. The van der Waals surface area contributed by atoms with Crippen LogP contribution >= 0.6 is 0 Å². The molecule has 4 aliphatic heterocycles. The van der Waals surface area contributed by atoms with Gasteiger partial charge in [0.1, 0.15) is 23.2 Å². The number of carbonyl (C=O) groups is 3. The quantitative estimate of drug-likeness (QED) is 0.307. The predicted molar refractivity (Wildman–Crippen MR) is 144 cm³/mol. The third-order valence-corrected chi connectivity index (χ3v) is 8.63. The van der Waals surface area contributed by atoms with Crippen LogP contribution in [0.3, 0.4) is 0 Å². The first-order valence-electron chi connectivity index (χ1n) is 14.3. The Hall–Kier alpha value is -2.19. The number of aliphatic hydroxyl groups excluding tert-OH is 1. The topological polar surface area (TPSA) is 96.4 Å². The molecule has 4 aliphatic rings. The number of fused-ring (bicyclic) bond motifs is 2. The van der Waals surface area contributed by atoms with E-state index in [-0.39, 0.29) is 23.8 Å². The molecule has 4 rings (SSSR count). The van der Waals surface area contributed by atoms with Crippen molar-refractivity contribution >= 4 is 17.8 Å². The number of nitrogens with zero attached hydrogens (tertiary/aromatic N) is 2. The predicted octanol–water partition coefficient (Wildman–Crippen LogP) is 3.63. The molecule has 2 fully saturated rings. The van der Waals surface area contributed by atoms with Gasteiger partial charge < -0.3 is 24.4 Å². The van der Waals surface area contributed by atoms with E-state index < -0.39 is 40.6 Å². The van der Waals surface area contributed by atoms with E-state index in [4.69, 9.17) is 9.47 Å². The molecule has 0 aliphatic carbocycles. The number of rotatable bonds is 7. The van der Waals surface area contributed by atoms with Crippen molar-refractivity contribution in [3.05, 3.63) is 24.3 Å². The van der Waals surface area contributed by atoms with E-state index in [2.05, 4.69) is 34.6 Å². The lowest BCUT2D eigenvalue weighted by atomic mass is 9.73. The molecule has 8 heteroatoms. The first-order chi connectivity index (χ1) is 17.8. The minimum atomic E-state index is -1.27. The van der Waals surface area contributed by atoms with Crippen LogP contribution in [-0.2, 0) is 23.9 Å². The molecule has 2 amide bonds. The second-order valence-electron chi connectivity index (χ2n) is 13.2. The number of hydrogen-bond donors (Lipinski definition) is 1. The second-order valence-corrected chi connectivity index (χ2v) is 13.2. The summed E-state index contributed by atoms with van der Waals surface area (Å²) in [7, 11) is 0. The normalized spacial score (nSPS) is 34.6. The Kier molecular flexibility index (Phi) is 7.90. The number of esters is 1. The summed E-state index contributed by atoms with van der Waals surface area (Å²) in [5.41, 5.74) is -2.79. The van der Waals surface area contributed by atoms with Crippen LogP contribution in [-0.4, -0.2) is 81.8 Å². The van der Waals surface area contributed by atoms with Gasteiger partial charge in [0.2, 0.25) is 11.8 Å². The Morgan fingerprint density at radius 2 is 1.76 bits per heavy atom. The molecule has 212 valence electrons. The van der Waals surface area contributed by atoms with E-state index in [1.807, 2.05) is 36.1 Å². The molecule has 1 N–H and O–H groups in total. The van der Waals surface area contributed by atoms with Crippen LogP contribution in [0.15, 0.2) is 24.3 Å². The summed E-state index contributed by atoms with van der Waals surface area (Å²) in [6.07, 6.45) is 11.6. The van der Waals surface area contributed by atoms with E-state index in [9.17, 15) is 19.5 Å². The molecule has 4 heterocycles. The van der Waals surface area contributed by atoms with Crippen LogP contribution in [0.25, 0.3) is 0 Å². The summed E-state index contributed by atoms with van der Waals surface area (Å²) in [5, 5.41) is 9.41. The molecule has 0 aromatic rings. The van der Waals surface area contributed by atoms with Crippen molar-refractivity contribution in [2.75, 3.05) is 26.3 Å². The zero-order valence-electron chi connectivity index (χ0n) is 24.0. The van der Waals surface area contributed by atoms with Crippen LogP contribution in [0.2, 0.25) is 0 Å². The van der Waals surface area contributed by atoms with Gasteiger partial charge in [-0.25, -0.2) is 0 Å². The van der Waals surface area contributed by atoms with Gasteiger partial charge in [-0.05, 0) is 57.8 Å². The number of hydrogen-bond acceptors (Lipinski definition) is 6. The largest absolute Gasteiger partial charge is 0.465 e. The van der Waals surface area contributed by atoms with Gasteiger partial charge in [0.05, 0.1) is 12.5 Å².